The molecule has 1 heterocycles. The summed E-state index contributed by atoms with van der Waals surface area (Å²) in [5.74, 6) is 0.688. The molecule has 0 bridgehead atoms. The summed E-state index contributed by atoms with van der Waals surface area (Å²) in [5.41, 5.74) is 3.22. The summed E-state index contributed by atoms with van der Waals surface area (Å²) in [6.07, 6.45) is 0.919. The van der Waals surface area contributed by atoms with E-state index in [0.717, 1.165) is 29.6 Å². The van der Waals surface area contributed by atoms with Gasteiger partial charge in [0.2, 0.25) is 0 Å². The van der Waals surface area contributed by atoms with Crippen molar-refractivity contribution in [2.75, 3.05) is 20.7 Å². The van der Waals surface area contributed by atoms with Gasteiger partial charge in [0.25, 0.3) is 0 Å². The van der Waals surface area contributed by atoms with E-state index in [0.29, 0.717) is 10.8 Å². The van der Waals surface area contributed by atoms with Crippen LogP contribution in [0.15, 0.2) is 18.2 Å². The fourth-order valence-corrected chi connectivity index (χ4v) is 2.21. The second kappa shape index (κ2) is 5.55. The smallest absolute Gasteiger partial charge is 0.138 e. The summed E-state index contributed by atoms with van der Waals surface area (Å²) in [4.78, 5) is 4.67. The van der Waals surface area contributed by atoms with Crippen LogP contribution in [-0.4, -0.2) is 25.7 Å². The maximum atomic E-state index is 6.12. The number of nitrogens with one attached hydrogen (secondary N) is 1. The molecule has 0 aliphatic carbocycles. The Balaban J connectivity index is 2.50. The van der Waals surface area contributed by atoms with Gasteiger partial charge in [-0.2, -0.15) is 0 Å². The van der Waals surface area contributed by atoms with E-state index in [2.05, 4.69) is 23.3 Å². The highest BCUT2D eigenvalue weighted by Crippen LogP contribution is 2.29. The van der Waals surface area contributed by atoms with Crippen molar-refractivity contribution in [3.8, 4) is 5.75 Å². The summed E-state index contributed by atoms with van der Waals surface area (Å²) in [7, 11) is 3.56. The number of aromatic nitrogens is 1. The number of nitrogens with zero attached hydrogens (tertiary/aromatic N) is 1. The summed E-state index contributed by atoms with van der Waals surface area (Å²) in [6, 6.07) is 5.92. The van der Waals surface area contributed by atoms with Crippen LogP contribution in [0.2, 0.25) is 5.02 Å². The van der Waals surface area contributed by atoms with Crippen molar-refractivity contribution in [1.82, 2.24) is 10.3 Å². The number of hydrogen-bond donors (Lipinski definition) is 1. The molecule has 0 radical (unpaired) electrons. The average molecular weight is 265 g/mol. The molecule has 4 heteroatoms. The zero-order valence-corrected chi connectivity index (χ0v) is 11.6. The Bertz CT molecular complexity index is 569. The summed E-state index contributed by atoms with van der Waals surface area (Å²) < 4.78 is 5.22. The van der Waals surface area contributed by atoms with Crippen LogP contribution >= 0.6 is 11.6 Å². The molecule has 0 spiro atoms. The number of likely N-dealkylation sites (N-methyl/N-ethyl adjacent to an activating group) is 1. The lowest BCUT2D eigenvalue weighted by molar-refractivity contribution is 0.415. The molecular weight excluding hydrogens is 248 g/mol. The van der Waals surface area contributed by atoms with E-state index in [1.165, 1.54) is 5.56 Å². The Morgan fingerprint density at radius 3 is 2.78 bits per heavy atom. The fourth-order valence-electron chi connectivity index (χ4n) is 1.97. The van der Waals surface area contributed by atoms with Crippen molar-refractivity contribution in [1.29, 1.82) is 0 Å². The quantitative estimate of drug-likeness (QED) is 0.922. The molecule has 0 aliphatic rings. The van der Waals surface area contributed by atoms with Crippen LogP contribution in [-0.2, 0) is 6.42 Å². The number of aryl methyl sites for hydroxylation is 1. The fraction of sp³-hybridized carbons (Fsp3) is 0.357. The zero-order valence-electron chi connectivity index (χ0n) is 10.9. The standard InChI is InChI=1S/C14H17ClN2O/c1-9-6-10-7-14(18-3)11(15)8-13(10)17-12(9)4-5-16-2/h6-8,16H,4-5H2,1-3H3. The molecule has 0 aliphatic heterocycles. The Morgan fingerprint density at radius 2 is 2.11 bits per heavy atom. The summed E-state index contributed by atoms with van der Waals surface area (Å²) in [5, 5.41) is 4.79. The number of ether oxygens (including phenoxy) is 1. The van der Waals surface area contributed by atoms with Gasteiger partial charge in [-0.3, -0.25) is 4.98 Å². The molecule has 1 N–H and O–H groups in total. The molecule has 96 valence electrons. The van der Waals surface area contributed by atoms with Crippen molar-refractivity contribution in [3.63, 3.8) is 0 Å². The molecule has 18 heavy (non-hydrogen) atoms. The van der Waals surface area contributed by atoms with Crippen molar-refractivity contribution in [2.24, 2.45) is 0 Å². The Labute approximate surface area is 112 Å². The molecule has 0 fully saturated rings. The molecule has 2 aromatic rings. The highest BCUT2D eigenvalue weighted by atomic mass is 35.5. The lowest BCUT2D eigenvalue weighted by Gasteiger charge is -2.09. The molecule has 1 aromatic carbocycles. The predicted molar refractivity (Wildman–Crippen MR) is 75.7 cm³/mol. The van der Waals surface area contributed by atoms with Gasteiger partial charge in [0, 0.05) is 24.0 Å². The van der Waals surface area contributed by atoms with Gasteiger partial charge in [0.05, 0.1) is 17.6 Å². The van der Waals surface area contributed by atoms with Crippen LogP contribution in [0, 0.1) is 6.92 Å². The lowest BCUT2D eigenvalue weighted by Crippen LogP contribution is -2.12. The Kier molecular flexibility index (Phi) is 4.04. The molecule has 0 saturated heterocycles. The first-order valence-electron chi connectivity index (χ1n) is 5.94. The van der Waals surface area contributed by atoms with Crippen LogP contribution in [0.1, 0.15) is 11.3 Å². The van der Waals surface area contributed by atoms with Crippen LogP contribution in [0.5, 0.6) is 5.75 Å². The molecule has 3 nitrogen and oxygen atoms in total. The molecule has 0 atom stereocenters. The molecule has 0 amide bonds. The van der Waals surface area contributed by atoms with Crippen LogP contribution in [0.4, 0.5) is 0 Å². The number of hydrogen-bond acceptors (Lipinski definition) is 3. The number of methoxy groups -OCH3 is 1. The maximum absolute atomic E-state index is 6.12. The van der Waals surface area contributed by atoms with E-state index in [1.807, 2.05) is 19.2 Å². The predicted octanol–water partition coefficient (Wildman–Crippen LogP) is 2.97. The van der Waals surface area contributed by atoms with Crippen molar-refractivity contribution in [2.45, 2.75) is 13.3 Å². The summed E-state index contributed by atoms with van der Waals surface area (Å²) >= 11 is 6.12. The summed E-state index contributed by atoms with van der Waals surface area (Å²) in [6.45, 7) is 3.00. The van der Waals surface area contributed by atoms with Gasteiger partial charge in [0.15, 0.2) is 0 Å². The third kappa shape index (κ3) is 2.57. The first kappa shape index (κ1) is 13.1. The molecule has 1 aromatic heterocycles. The van der Waals surface area contributed by atoms with Gasteiger partial charge in [0.1, 0.15) is 5.75 Å². The van der Waals surface area contributed by atoms with E-state index >= 15 is 0 Å². The number of halogens is 1. The molecule has 0 unspecified atom stereocenters. The normalized spacial score (nSPS) is 10.9. The van der Waals surface area contributed by atoms with Crippen molar-refractivity contribution >= 4 is 22.5 Å². The van der Waals surface area contributed by atoms with Crippen molar-refractivity contribution < 1.29 is 4.74 Å². The topological polar surface area (TPSA) is 34.2 Å². The van der Waals surface area contributed by atoms with E-state index in [1.54, 1.807) is 7.11 Å². The van der Waals surface area contributed by atoms with Crippen molar-refractivity contribution in [3.05, 3.63) is 34.5 Å². The van der Waals surface area contributed by atoms with Crippen LogP contribution in [0.3, 0.4) is 0 Å². The molecule has 2 rings (SSSR count). The monoisotopic (exact) mass is 264 g/mol. The largest absolute Gasteiger partial charge is 0.495 e. The van der Waals surface area contributed by atoms with Gasteiger partial charge in [-0.1, -0.05) is 11.6 Å². The minimum atomic E-state index is 0.598. The van der Waals surface area contributed by atoms with Gasteiger partial charge in [-0.05, 0) is 37.7 Å². The number of benzene rings is 1. The Hall–Kier alpha value is -1.32. The van der Waals surface area contributed by atoms with E-state index in [4.69, 9.17) is 16.3 Å². The second-order valence-electron chi connectivity index (χ2n) is 4.28. The third-order valence-corrected chi connectivity index (χ3v) is 3.29. The minimum Gasteiger partial charge on any atom is -0.495 e. The highest BCUT2D eigenvalue weighted by Gasteiger charge is 2.07. The third-order valence-electron chi connectivity index (χ3n) is 3.00. The van der Waals surface area contributed by atoms with Gasteiger partial charge >= 0.3 is 0 Å². The van der Waals surface area contributed by atoms with Gasteiger partial charge < -0.3 is 10.1 Å². The first-order valence-corrected chi connectivity index (χ1v) is 6.32. The van der Waals surface area contributed by atoms with E-state index in [9.17, 15) is 0 Å². The number of rotatable bonds is 4. The van der Waals surface area contributed by atoms with E-state index < -0.39 is 0 Å². The minimum absolute atomic E-state index is 0.598. The van der Waals surface area contributed by atoms with Crippen LogP contribution < -0.4 is 10.1 Å². The van der Waals surface area contributed by atoms with Crippen LogP contribution in [0.25, 0.3) is 10.9 Å². The van der Waals surface area contributed by atoms with E-state index in [-0.39, 0.29) is 0 Å². The molecular formula is C14H17ClN2O. The SMILES string of the molecule is CNCCc1nc2cc(Cl)c(OC)cc2cc1C. The lowest BCUT2D eigenvalue weighted by atomic mass is 10.1. The molecule has 0 saturated carbocycles. The Morgan fingerprint density at radius 1 is 1.33 bits per heavy atom. The highest BCUT2D eigenvalue weighted by molar-refractivity contribution is 6.32. The number of fused-ring (bicyclic) bond motifs is 1. The number of pyridine rings is 1. The zero-order chi connectivity index (χ0) is 13.1. The maximum Gasteiger partial charge on any atom is 0.138 e. The average Bonchev–Trinajstić information content (AvgIpc) is 2.36. The van der Waals surface area contributed by atoms with Gasteiger partial charge in [-0.25, -0.2) is 0 Å². The first-order chi connectivity index (χ1) is 8.65. The second-order valence-corrected chi connectivity index (χ2v) is 4.69. The van der Waals surface area contributed by atoms with Gasteiger partial charge in [-0.15, -0.1) is 0 Å².